The Morgan fingerprint density at radius 1 is 1.00 bits per heavy atom. The van der Waals surface area contributed by atoms with Crippen LogP contribution in [0.2, 0.25) is 0 Å². The lowest BCUT2D eigenvalue weighted by Crippen LogP contribution is -2.26. The summed E-state index contributed by atoms with van der Waals surface area (Å²) in [6.45, 7) is 0. The molecule has 4 aromatic rings. The van der Waals surface area contributed by atoms with E-state index in [0.29, 0.717) is 24.3 Å². The van der Waals surface area contributed by atoms with Crippen molar-refractivity contribution in [3.8, 4) is 17.4 Å². The molecule has 1 fully saturated rings. The molecule has 6 rings (SSSR count). The summed E-state index contributed by atoms with van der Waals surface area (Å²) in [5, 5.41) is 13.2. The number of rotatable bonds is 8. The normalized spacial score (nSPS) is 16.3. The number of hydrogen-bond acceptors (Lipinski definition) is 7. The fraction of sp³-hybridized carbons (Fsp3) is 0.300. The van der Waals surface area contributed by atoms with Crippen molar-refractivity contribution in [3.05, 3.63) is 89.0 Å². The SMILES string of the molecule is CN(C(=O)c1cccc(-n2nc(C(F)(F)F)c3c2C(Oc2ccc(C(=O)O)cc2)CCC3)c1)c1cnc(OC2CC2)nc1. The highest BCUT2D eigenvalue weighted by Gasteiger charge is 2.42. The van der Waals surface area contributed by atoms with Crippen LogP contribution in [0.3, 0.4) is 0 Å². The van der Waals surface area contributed by atoms with Gasteiger partial charge in [0.2, 0.25) is 0 Å². The Kier molecular flexibility index (Phi) is 7.24. The molecule has 0 saturated heterocycles. The Labute approximate surface area is 243 Å². The highest BCUT2D eigenvalue weighted by molar-refractivity contribution is 6.05. The minimum atomic E-state index is -4.70. The van der Waals surface area contributed by atoms with E-state index < -0.39 is 29.9 Å². The number of halogens is 3. The molecule has 10 nitrogen and oxygen atoms in total. The van der Waals surface area contributed by atoms with Crippen LogP contribution in [0.25, 0.3) is 5.69 Å². The number of benzene rings is 2. The third-order valence-electron chi connectivity index (χ3n) is 7.31. The van der Waals surface area contributed by atoms with Gasteiger partial charge in [0.1, 0.15) is 18.0 Å². The number of carbonyl (C=O) groups is 2. The van der Waals surface area contributed by atoms with Gasteiger partial charge in [0, 0.05) is 18.2 Å². The number of hydrogen-bond donors (Lipinski definition) is 1. The lowest BCUT2D eigenvalue weighted by atomic mass is 9.92. The number of aromatic nitrogens is 4. The van der Waals surface area contributed by atoms with Gasteiger partial charge in [-0.1, -0.05) is 6.07 Å². The van der Waals surface area contributed by atoms with Crippen LogP contribution in [-0.4, -0.2) is 49.9 Å². The maximum Gasteiger partial charge on any atom is 0.435 e. The van der Waals surface area contributed by atoms with Gasteiger partial charge >= 0.3 is 18.2 Å². The van der Waals surface area contributed by atoms with Crippen LogP contribution in [-0.2, 0) is 12.6 Å². The molecule has 2 aromatic carbocycles. The number of alkyl halides is 3. The number of carboxylic acid groups (broad SMARTS) is 1. The van der Waals surface area contributed by atoms with Gasteiger partial charge in [-0.15, -0.1) is 0 Å². The average Bonchev–Trinajstić information content (AvgIpc) is 3.72. The molecule has 0 spiro atoms. The molecule has 1 unspecified atom stereocenters. The predicted molar refractivity (Wildman–Crippen MR) is 147 cm³/mol. The number of anilines is 1. The molecule has 13 heteroatoms. The van der Waals surface area contributed by atoms with E-state index in [1.54, 1.807) is 25.2 Å². The van der Waals surface area contributed by atoms with E-state index in [1.807, 2.05) is 0 Å². The van der Waals surface area contributed by atoms with Gasteiger partial charge in [-0.3, -0.25) is 4.79 Å². The second-order valence-electron chi connectivity index (χ2n) is 10.4. The van der Waals surface area contributed by atoms with Crippen molar-refractivity contribution in [3.63, 3.8) is 0 Å². The summed E-state index contributed by atoms with van der Waals surface area (Å²) in [4.78, 5) is 34.3. The minimum Gasteiger partial charge on any atom is -0.484 e. The van der Waals surface area contributed by atoms with E-state index >= 15 is 0 Å². The first-order valence-electron chi connectivity index (χ1n) is 13.6. The summed E-state index contributed by atoms with van der Waals surface area (Å²) in [7, 11) is 1.55. The van der Waals surface area contributed by atoms with E-state index in [2.05, 4.69) is 15.1 Å². The van der Waals surface area contributed by atoms with Crippen LogP contribution >= 0.6 is 0 Å². The summed E-state index contributed by atoms with van der Waals surface area (Å²) in [5.74, 6) is -1.22. The lowest BCUT2D eigenvalue weighted by Gasteiger charge is -2.26. The van der Waals surface area contributed by atoms with Crippen LogP contribution in [0.15, 0.2) is 60.9 Å². The molecular formula is C30H26F3N5O5. The first-order valence-corrected chi connectivity index (χ1v) is 13.6. The zero-order chi connectivity index (χ0) is 30.3. The number of carboxylic acids is 1. The second-order valence-corrected chi connectivity index (χ2v) is 10.4. The summed E-state index contributed by atoms with van der Waals surface area (Å²) in [5.41, 5.74) is 0.208. The molecule has 2 heterocycles. The van der Waals surface area contributed by atoms with Gasteiger partial charge in [-0.25, -0.2) is 19.4 Å². The first kappa shape index (κ1) is 28.2. The minimum absolute atomic E-state index is 0.0328. The molecule has 1 amide bonds. The third-order valence-corrected chi connectivity index (χ3v) is 7.31. The molecule has 1 atom stereocenters. The van der Waals surface area contributed by atoms with E-state index in [1.165, 1.54) is 52.3 Å². The summed E-state index contributed by atoms with van der Waals surface area (Å²) < 4.78 is 55.2. The fourth-order valence-corrected chi connectivity index (χ4v) is 4.98. The monoisotopic (exact) mass is 593 g/mol. The number of amides is 1. The van der Waals surface area contributed by atoms with Crippen LogP contribution < -0.4 is 14.4 Å². The molecule has 1 saturated carbocycles. The molecule has 2 aromatic heterocycles. The summed E-state index contributed by atoms with van der Waals surface area (Å²) in [6, 6.07) is 12.1. The Morgan fingerprint density at radius 3 is 2.37 bits per heavy atom. The molecule has 2 aliphatic rings. The molecule has 0 aliphatic heterocycles. The van der Waals surface area contributed by atoms with Gasteiger partial charge in [-0.2, -0.15) is 18.3 Å². The Balaban J connectivity index is 1.32. The van der Waals surface area contributed by atoms with Crippen molar-refractivity contribution in [2.75, 3.05) is 11.9 Å². The number of nitrogens with zero attached hydrogens (tertiary/aromatic N) is 5. The first-order chi connectivity index (χ1) is 20.6. The van der Waals surface area contributed by atoms with Crippen molar-refractivity contribution < 1.29 is 37.3 Å². The number of carbonyl (C=O) groups excluding carboxylic acids is 1. The number of fused-ring (bicyclic) bond motifs is 1. The van der Waals surface area contributed by atoms with E-state index in [4.69, 9.17) is 9.47 Å². The zero-order valence-electron chi connectivity index (χ0n) is 22.9. The number of aromatic carboxylic acids is 1. The Morgan fingerprint density at radius 2 is 1.72 bits per heavy atom. The van der Waals surface area contributed by atoms with E-state index in [0.717, 1.165) is 12.8 Å². The highest BCUT2D eigenvalue weighted by atomic mass is 19.4. The molecule has 0 radical (unpaired) electrons. The summed E-state index contributed by atoms with van der Waals surface area (Å²) >= 11 is 0. The maximum absolute atomic E-state index is 14.1. The maximum atomic E-state index is 14.1. The molecule has 1 N–H and O–H groups in total. The van der Waals surface area contributed by atoms with Crippen LogP contribution in [0, 0.1) is 0 Å². The van der Waals surface area contributed by atoms with E-state index in [-0.39, 0.29) is 46.6 Å². The van der Waals surface area contributed by atoms with Gasteiger partial charge in [0.05, 0.1) is 35.0 Å². The molecular weight excluding hydrogens is 567 g/mol. The van der Waals surface area contributed by atoms with Gasteiger partial charge < -0.3 is 19.5 Å². The highest BCUT2D eigenvalue weighted by Crippen LogP contribution is 2.42. The fourth-order valence-electron chi connectivity index (χ4n) is 4.98. The van der Waals surface area contributed by atoms with Crippen LogP contribution in [0.1, 0.15) is 69.5 Å². The van der Waals surface area contributed by atoms with Crippen LogP contribution in [0.5, 0.6) is 11.8 Å². The third kappa shape index (κ3) is 5.87. The molecule has 0 bridgehead atoms. The van der Waals surface area contributed by atoms with Crippen molar-refractivity contribution in [2.45, 2.75) is 50.5 Å². The second kappa shape index (κ2) is 11.0. The largest absolute Gasteiger partial charge is 0.484 e. The smallest absolute Gasteiger partial charge is 0.435 e. The average molecular weight is 594 g/mol. The molecule has 2 aliphatic carbocycles. The van der Waals surface area contributed by atoms with Crippen molar-refractivity contribution in [1.29, 1.82) is 0 Å². The van der Waals surface area contributed by atoms with Crippen molar-refractivity contribution >= 4 is 17.6 Å². The van der Waals surface area contributed by atoms with Crippen molar-refractivity contribution in [2.24, 2.45) is 0 Å². The van der Waals surface area contributed by atoms with E-state index in [9.17, 15) is 27.9 Å². The molecule has 43 heavy (non-hydrogen) atoms. The van der Waals surface area contributed by atoms with Gasteiger partial charge in [-0.05, 0) is 74.6 Å². The lowest BCUT2D eigenvalue weighted by molar-refractivity contribution is -0.142. The summed E-state index contributed by atoms with van der Waals surface area (Å²) in [6.07, 6.45) is 0.488. The predicted octanol–water partition coefficient (Wildman–Crippen LogP) is 5.65. The Bertz CT molecular complexity index is 1670. The molecule has 222 valence electrons. The van der Waals surface area contributed by atoms with Crippen molar-refractivity contribution in [1.82, 2.24) is 19.7 Å². The number of ether oxygens (including phenoxy) is 2. The zero-order valence-corrected chi connectivity index (χ0v) is 22.9. The Hall–Kier alpha value is -4.94. The van der Waals surface area contributed by atoms with Gasteiger partial charge in [0.25, 0.3) is 5.91 Å². The standard InChI is InChI=1S/C30H26F3N5O5/c1-37(20-15-34-29(35-16-20)43-22-12-13-22)27(39)18-4-2-5-19(14-18)38-25-23(26(36-38)30(31,32)33)6-3-7-24(25)42-21-10-8-17(9-11-21)28(40)41/h2,4-5,8-11,14-16,22,24H,3,6-7,12-13H2,1H3,(H,40,41). The van der Waals surface area contributed by atoms with Crippen LogP contribution in [0.4, 0.5) is 18.9 Å². The quantitative estimate of drug-likeness (QED) is 0.278. The van der Waals surface area contributed by atoms with Gasteiger partial charge in [0.15, 0.2) is 5.69 Å². The topological polar surface area (TPSA) is 120 Å².